The maximum absolute atomic E-state index is 11.2. The zero-order valence-electron chi connectivity index (χ0n) is 11.2. The van der Waals surface area contributed by atoms with Gasteiger partial charge in [-0.15, -0.1) is 0 Å². The van der Waals surface area contributed by atoms with Gasteiger partial charge in [-0.05, 0) is 11.6 Å². The Morgan fingerprint density at radius 3 is 2.52 bits per heavy atom. The van der Waals surface area contributed by atoms with E-state index in [-0.39, 0.29) is 48.3 Å². The summed E-state index contributed by atoms with van der Waals surface area (Å²) in [5, 5.41) is 17.3. The van der Waals surface area contributed by atoms with Gasteiger partial charge in [0.1, 0.15) is 0 Å². The first-order valence-electron chi connectivity index (χ1n) is 5.33. The Balaban J connectivity index is 0.000000922. The molecule has 2 rings (SSSR count). The number of aromatic nitrogens is 2. The average Bonchev–Trinajstić information content (AvgIpc) is 2.78. The van der Waals surface area contributed by atoms with Crippen molar-refractivity contribution in [2.24, 2.45) is 5.11 Å². The van der Waals surface area contributed by atoms with Crippen molar-refractivity contribution in [1.29, 1.82) is 0 Å². The zero-order chi connectivity index (χ0) is 15.0. The van der Waals surface area contributed by atoms with Crippen molar-refractivity contribution in [3.8, 4) is 0 Å². The maximum atomic E-state index is 11.2. The standard InChI is InChI=1S/C10H9N5O2.N3.Na/c11-14-12-5-6-15-9(10(16)17)7-3-1-2-4-8(7)13-15;1-3-2;/h1-4H,5-6H2,(H,16,17);;/q;-1;+1. The molecule has 0 saturated heterocycles. The van der Waals surface area contributed by atoms with Crippen LogP contribution in [0, 0.1) is 0 Å². The summed E-state index contributed by atoms with van der Waals surface area (Å²) >= 11 is 0. The van der Waals surface area contributed by atoms with Crippen molar-refractivity contribution in [2.45, 2.75) is 6.54 Å². The number of aromatic carboxylic acids is 1. The van der Waals surface area contributed by atoms with Crippen LogP contribution in [0.15, 0.2) is 29.4 Å². The predicted molar refractivity (Wildman–Crippen MR) is 70.8 cm³/mol. The van der Waals surface area contributed by atoms with Gasteiger partial charge < -0.3 is 16.2 Å². The van der Waals surface area contributed by atoms with Crippen LogP contribution in [-0.2, 0) is 6.54 Å². The van der Waals surface area contributed by atoms with Crippen molar-refractivity contribution in [3.63, 3.8) is 0 Å². The minimum Gasteiger partial charge on any atom is -0.477 e. The number of carboxylic acids is 1. The van der Waals surface area contributed by atoms with E-state index in [1.807, 2.05) is 0 Å². The van der Waals surface area contributed by atoms with Gasteiger partial charge in [-0.25, -0.2) is 4.79 Å². The van der Waals surface area contributed by atoms with E-state index in [4.69, 9.17) is 21.7 Å². The van der Waals surface area contributed by atoms with Crippen LogP contribution in [-0.4, -0.2) is 27.4 Å². The Morgan fingerprint density at radius 1 is 1.33 bits per heavy atom. The van der Waals surface area contributed by atoms with Gasteiger partial charge in [0, 0.05) is 23.4 Å². The number of azide groups is 1. The Morgan fingerprint density at radius 2 is 1.95 bits per heavy atom. The number of benzene rings is 1. The third-order valence-electron chi connectivity index (χ3n) is 2.32. The van der Waals surface area contributed by atoms with Gasteiger partial charge in [-0.3, -0.25) is 9.59 Å². The molecule has 1 aromatic carbocycles. The number of carbonyl (C=O) groups is 1. The summed E-state index contributed by atoms with van der Waals surface area (Å²) in [6.45, 7) is 0.422. The van der Waals surface area contributed by atoms with E-state index < -0.39 is 5.97 Å². The molecule has 102 valence electrons. The molecular weight excluding hydrogens is 287 g/mol. The summed E-state index contributed by atoms with van der Waals surface area (Å²) < 4.78 is 1.35. The average molecular weight is 296 g/mol. The van der Waals surface area contributed by atoms with Crippen molar-refractivity contribution in [2.75, 3.05) is 6.54 Å². The molecule has 21 heavy (non-hydrogen) atoms. The minimum atomic E-state index is -1.04. The van der Waals surface area contributed by atoms with Crippen molar-refractivity contribution < 1.29 is 39.5 Å². The van der Waals surface area contributed by atoms with Crippen LogP contribution in [0.4, 0.5) is 0 Å². The fourth-order valence-electron chi connectivity index (χ4n) is 1.65. The molecule has 0 atom stereocenters. The molecule has 0 fully saturated rings. The predicted octanol–water partition coefficient (Wildman–Crippen LogP) is -0.0851. The maximum Gasteiger partial charge on any atom is 1.00 e. The first-order chi connectivity index (χ1) is 9.65. The van der Waals surface area contributed by atoms with Gasteiger partial charge in [0.15, 0.2) is 5.69 Å². The molecule has 1 heterocycles. The molecule has 1 N–H and O–H groups in total. The van der Waals surface area contributed by atoms with Crippen LogP contribution in [0.25, 0.3) is 37.3 Å². The molecule has 0 unspecified atom stereocenters. The smallest absolute Gasteiger partial charge is 0.477 e. The fourth-order valence-corrected chi connectivity index (χ4v) is 1.65. The molecule has 0 aliphatic heterocycles. The fraction of sp³-hybridized carbons (Fsp3) is 0.200. The van der Waals surface area contributed by atoms with Gasteiger partial charge in [0.2, 0.25) is 0 Å². The molecule has 0 bridgehead atoms. The van der Waals surface area contributed by atoms with E-state index in [9.17, 15) is 4.79 Å². The monoisotopic (exact) mass is 296 g/mol. The topological polar surface area (TPSA) is 163 Å². The number of carboxylic acid groups (broad SMARTS) is 1. The second-order valence-corrected chi connectivity index (χ2v) is 3.44. The number of hydrogen-bond acceptors (Lipinski definition) is 3. The van der Waals surface area contributed by atoms with Gasteiger partial charge in [-0.2, -0.15) is 5.10 Å². The van der Waals surface area contributed by atoms with Gasteiger partial charge in [0.25, 0.3) is 0 Å². The van der Waals surface area contributed by atoms with Crippen molar-refractivity contribution in [1.82, 2.24) is 9.78 Å². The zero-order valence-corrected chi connectivity index (χ0v) is 13.2. The molecule has 0 aliphatic carbocycles. The second kappa shape index (κ2) is 9.65. The molecule has 1 aromatic heterocycles. The van der Waals surface area contributed by atoms with E-state index in [0.717, 1.165) is 0 Å². The molecule has 0 amide bonds. The summed E-state index contributed by atoms with van der Waals surface area (Å²) in [4.78, 5) is 15.3. The van der Waals surface area contributed by atoms with Crippen molar-refractivity contribution >= 4 is 16.9 Å². The number of rotatable bonds is 4. The summed E-state index contributed by atoms with van der Waals surface area (Å²) in [7, 11) is 0. The molecule has 0 radical (unpaired) electrons. The normalized spacial score (nSPS) is 8.57. The van der Waals surface area contributed by atoms with E-state index in [1.54, 1.807) is 24.3 Å². The van der Waals surface area contributed by atoms with Gasteiger partial charge in [-0.1, -0.05) is 23.3 Å². The molecule has 2 aromatic rings. The third-order valence-corrected chi connectivity index (χ3v) is 2.32. The largest absolute Gasteiger partial charge is 1.00 e. The first kappa shape index (κ1) is 18.8. The molecule has 0 saturated carbocycles. The Hall–Kier alpha value is -2.22. The summed E-state index contributed by atoms with van der Waals surface area (Å²) in [5.41, 5.74) is 22.4. The molecule has 10 nitrogen and oxygen atoms in total. The quantitative estimate of drug-likeness (QED) is 0.361. The van der Waals surface area contributed by atoms with Gasteiger partial charge >= 0.3 is 35.5 Å². The molecule has 0 aliphatic rings. The minimum absolute atomic E-state index is 0. The Labute approximate surface area is 140 Å². The molecular formula is C10H9N8NaO2. The number of fused-ring (bicyclic) bond motifs is 1. The van der Waals surface area contributed by atoms with Crippen LogP contribution >= 0.6 is 0 Å². The first-order valence-corrected chi connectivity index (χ1v) is 5.33. The Kier molecular flexibility index (Phi) is 8.63. The van der Waals surface area contributed by atoms with E-state index in [0.29, 0.717) is 10.9 Å². The number of nitrogens with zero attached hydrogens (tertiary/aromatic N) is 8. The van der Waals surface area contributed by atoms with Crippen LogP contribution in [0.2, 0.25) is 0 Å². The SMILES string of the molecule is [N-]=[N+]=NCCn1nc2ccccc2c1C(=O)O.[N-]=[N+]=[N-].[Na+]. The van der Waals surface area contributed by atoms with Crippen LogP contribution in [0.5, 0.6) is 0 Å². The molecule has 11 heteroatoms. The van der Waals surface area contributed by atoms with E-state index >= 15 is 0 Å². The van der Waals surface area contributed by atoms with Crippen LogP contribution in [0.1, 0.15) is 10.5 Å². The van der Waals surface area contributed by atoms with Crippen molar-refractivity contribution in [3.05, 3.63) is 56.4 Å². The second-order valence-electron chi connectivity index (χ2n) is 3.44. The van der Waals surface area contributed by atoms with E-state index in [1.165, 1.54) is 9.59 Å². The summed E-state index contributed by atoms with van der Waals surface area (Å²) in [6.07, 6.45) is 0. The van der Waals surface area contributed by atoms with E-state index in [2.05, 4.69) is 15.1 Å². The van der Waals surface area contributed by atoms with Crippen LogP contribution < -0.4 is 29.6 Å². The van der Waals surface area contributed by atoms with Gasteiger partial charge in [0.05, 0.1) is 5.52 Å². The third kappa shape index (κ3) is 4.99. The summed E-state index contributed by atoms with van der Waals surface area (Å²) in [6, 6.07) is 6.99. The summed E-state index contributed by atoms with van der Waals surface area (Å²) in [5.74, 6) is -1.04. The Bertz CT molecular complexity index is 700. The number of hydrogen-bond donors (Lipinski definition) is 1. The van der Waals surface area contributed by atoms with Crippen LogP contribution in [0.3, 0.4) is 0 Å². The molecule has 0 spiro atoms.